The van der Waals surface area contributed by atoms with Crippen molar-refractivity contribution in [3.63, 3.8) is 0 Å². The van der Waals surface area contributed by atoms with Gasteiger partial charge in [0.2, 0.25) is 0 Å². The van der Waals surface area contributed by atoms with Crippen LogP contribution in [0, 0.1) is 5.41 Å². The van der Waals surface area contributed by atoms with Gasteiger partial charge in [0.1, 0.15) is 11.8 Å². The molecule has 3 N–H and O–H groups in total. The van der Waals surface area contributed by atoms with Crippen LogP contribution in [0.3, 0.4) is 0 Å². The molecule has 2 aromatic heterocycles. The zero-order chi connectivity index (χ0) is 16.0. The maximum absolute atomic E-state index is 10.8. The number of aliphatic hydroxyl groups excluding tert-OH is 1. The van der Waals surface area contributed by atoms with Crippen molar-refractivity contribution >= 4 is 18.8 Å². The topological polar surface area (TPSA) is 172 Å². The van der Waals surface area contributed by atoms with Gasteiger partial charge in [-0.15, -0.1) is 0 Å². The van der Waals surface area contributed by atoms with Crippen LogP contribution in [0.25, 0.3) is 11.2 Å². The van der Waals surface area contributed by atoms with Crippen molar-refractivity contribution in [2.24, 2.45) is 0 Å². The summed E-state index contributed by atoms with van der Waals surface area (Å²) in [5.74, 6) is -1.78. The van der Waals surface area contributed by atoms with E-state index in [0.717, 1.165) is 4.57 Å². The third-order valence-corrected chi connectivity index (χ3v) is 3.65. The monoisotopic (exact) mass is 375 g/mol. The summed E-state index contributed by atoms with van der Waals surface area (Å²) in [4.78, 5) is 32.3. The molecular formula is C10H12N5Na2O6P. The number of H-pyrrole nitrogens is 1. The van der Waals surface area contributed by atoms with Crippen molar-refractivity contribution in [1.29, 1.82) is 5.41 Å². The van der Waals surface area contributed by atoms with Crippen LogP contribution in [0.15, 0.2) is 12.7 Å². The summed E-state index contributed by atoms with van der Waals surface area (Å²) < 4.78 is 22.4. The second-order valence-electron chi connectivity index (χ2n) is 4.83. The second kappa shape index (κ2) is 8.38. The minimum atomic E-state index is -4.95. The zero-order valence-electron chi connectivity index (χ0n) is 13.1. The van der Waals surface area contributed by atoms with Crippen LogP contribution < -0.4 is 74.4 Å². The fourth-order valence-corrected chi connectivity index (χ4v) is 2.63. The average molecular weight is 375 g/mol. The minimum absolute atomic E-state index is 0. The van der Waals surface area contributed by atoms with Gasteiger partial charge in [-0.2, -0.15) is 0 Å². The molecule has 1 saturated heterocycles. The largest absolute Gasteiger partial charge is 1.00 e. The number of fused-ring (bicyclic) bond motifs is 1. The van der Waals surface area contributed by atoms with Crippen molar-refractivity contribution in [3.05, 3.63) is 18.1 Å². The van der Waals surface area contributed by atoms with Gasteiger partial charge in [-0.25, -0.2) is 9.97 Å². The number of nitrogens with one attached hydrogen (secondary N) is 2. The van der Waals surface area contributed by atoms with Gasteiger partial charge < -0.3 is 33.9 Å². The number of nitrogens with zero attached hydrogens (tertiary/aromatic N) is 3. The molecule has 0 radical (unpaired) electrons. The molecule has 0 amide bonds. The van der Waals surface area contributed by atoms with Gasteiger partial charge in [-0.05, 0) is 7.60 Å². The maximum atomic E-state index is 10.8. The van der Waals surface area contributed by atoms with Crippen molar-refractivity contribution in [3.8, 4) is 0 Å². The molecule has 24 heavy (non-hydrogen) atoms. The van der Waals surface area contributed by atoms with E-state index < -0.39 is 26.0 Å². The fourth-order valence-electron chi connectivity index (χ4n) is 2.27. The molecule has 0 aliphatic carbocycles. The van der Waals surface area contributed by atoms with E-state index >= 15 is 0 Å². The summed E-state index contributed by atoms with van der Waals surface area (Å²) in [5, 5.41) is 17.8. The van der Waals surface area contributed by atoms with Crippen LogP contribution in [-0.2, 0) is 19.9 Å². The number of hydrogen-bond acceptors (Lipinski definition) is 9. The number of rotatable bonds is 4. The van der Waals surface area contributed by atoms with Crippen molar-refractivity contribution in [2.45, 2.75) is 18.4 Å². The first kappa shape index (κ1) is 22.4. The SMILES string of the molecule is N=c1c2[nH]cnc2ncn1[C@@]1(OCP(=O)([O-])[O-])C[C@H](O)CO1.[Na+].[Na+]. The molecule has 0 saturated carbocycles. The molecule has 3 heterocycles. The Morgan fingerprint density at radius 3 is 2.83 bits per heavy atom. The number of ether oxygens (including phenoxy) is 2. The number of aromatic amines is 1. The van der Waals surface area contributed by atoms with Crippen molar-refractivity contribution < 1.29 is 88.0 Å². The standard InChI is InChI=1S/C10H14N5O6P.2Na/c11-8-7-9(13-3-12-7)14-4-15(8)10(1-6(16)2-20-10)21-5-22(17,18)19;;/h3-4,6,11,16H,1-2,5H2,(H,12,13)(H2,17,18,19);;/q;2*+1/p-2/t6-,10-;;/m0../s1. The van der Waals surface area contributed by atoms with E-state index in [0.29, 0.717) is 0 Å². The molecule has 1 aliphatic rings. The number of aliphatic hydroxyl groups is 1. The normalized spacial score (nSPS) is 23.7. The van der Waals surface area contributed by atoms with Crippen molar-refractivity contribution in [2.75, 3.05) is 13.0 Å². The molecule has 120 valence electrons. The fraction of sp³-hybridized carbons (Fsp3) is 0.500. The molecule has 11 nitrogen and oxygen atoms in total. The molecule has 0 unspecified atom stereocenters. The summed E-state index contributed by atoms with van der Waals surface area (Å²) in [7, 11) is -4.95. The summed E-state index contributed by atoms with van der Waals surface area (Å²) >= 11 is 0. The first-order valence-electron chi connectivity index (χ1n) is 6.24. The first-order valence-corrected chi connectivity index (χ1v) is 7.96. The van der Waals surface area contributed by atoms with Crippen LogP contribution in [0.1, 0.15) is 6.42 Å². The van der Waals surface area contributed by atoms with E-state index in [1.807, 2.05) is 0 Å². The molecule has 1 aliphatic heterocycles. The Kier molecular flexibility index (Phi) is 7.83. The maximum Gasteiger partial charge on any atom is 1.00 e. The molecule has 2 aromatic rings. The number of hydrogen-bond donors (Lipinski definition) is 3. The average Bonchev–Trinajstić information content (AvgIpc) is 3.04. The van der Waals surface area contributed by atoms with Crippen LogP contribution in [0.5, 0.6) is 0 Å². The van der Waals surface area contributed by atoms with E-state index in [1.165, 1.54) is 12.7 Å². The Morgan fingerprint density at radius 1 is 1.54 bits per heavy atom. The Morgan fingerprint density at radius 2 is 2.25 bits per heavy atom. The molecule has 0 aromatic carbocycles. The summed E-state index contributed by atoms with van der Waals surface area (Å²) in [6, 6.07) is 0. The Hall–Kier alpha value is 0.380. The Balaban J connectivity index is 0.00000144. The number of aromatic nitrogens is 4. The van der Waals surface area contributed by atoms with Gasteiger partial charge in [0.05, 0.1) is 31.8 Å². The van der Waals surface area contributed by atoms with E-state index in [9.17, 15) is 19.5 Å². The van der Waals surface area contributed by atoms with Crippen LogP contribution >= 0.6 is 7.60 Å². The molecule has 3 rings (SSSR count). The number of imidazole rings is 1. The predicted octanol–water partition coefficient (Wildman–Crippen LogP) is -8.47. The van der Waals surface area contributed by atoms with E-state index in [4.69, 9.17) is 14.9 Å². The van der Waals surface area contributed by atoms with Crippen LogP contribution in [-0.4, -0.2) is 43.7 Å². The quantitative estimate of drug-likeness (QED) is 0.349. The third kappa shape index (κ3) is 4.56. The van der Waals surface area contributed by atoms with Gasteiger partial charge in [-0.3, -0.25) is 9.98 Å². The Labute approximate surface area is 180 Å². The summed E-state index contributed by atoms with van der Waals surface area (Å²) in [5.41, 5.74) is 0.430. The van der Waals surface area contributed by atoms with Gasteiger partial charge in [0, 0.05) is 0 Å². The Bertz CT molecular complexity index is 808. The van der Waals surface area contributed by atoms with Gasteiger partial charge in [0.25, 0.3) is 5.91 Å². The van der Waals surface area contributed by atoms with Gasteiger partial charge >= 0.3 is 59.1 Å². The third-order valence-electron chi connectivity index (χ3n) is 3.20. The van der Waals surface area contributed by atoms with Gasteiger partial charge in [-0.1, -0.05) is 0 Å². The van der Waals surface area contributed by atoms with Gasteiger partial charge in [0.15, 0.2) is 11.1 Å². The van der Waals surface area contributed by atoms with Crippen molar-refractivity contribution in [1.82, 2.24) is 19.5 Å². The molecular weight excluding hydrogens is 363 g/mol. The zero-order valence-corrected chi connectivity index (χ0v) is 18.0. The second-order valence-corrected chi connectivity index (χ2v) is 6.31. The summed E-state index contributed by atoms with van der Waals surface area (Å²) in [6.07, 6.45) is 0.325. The van der Waals surface area contributed by atoms with E-state index in [-0.39, 0.29) is 88.8 Å². The van der Waals surface area contributed by atoms with Crippen LogP contribution in [0.2, 0.25) is 0 Å². The van der Waals surface area contributed by atoms with E-state index in [1.54, 1.807) is 0 Å². The molecule has 2 atom stereocenters. The van der Waals surface area contributed by atoms with Crippen LogP contribution in [0.4, 0.5) is 0 Å². The summed E-state index contributed by atoms with van der Waals surface area (Å²) in [6.45, 7) is -0.129. The molecule has 0 bridgehead atoms. The predicted molar refractivity (Wildman–Crippen MR) is 65.8 cm³/mol. The molecule has 14 heteroatoms. The van der Waals surface area contributed by atoms with E-state index in [2.05, 4.69) is 15.0 Å². The smallest absolute Gasteiger partial charge is 0.809 e. The molecule has 0 spiro atoms. The first-order chi connectivity index (χ1) is 10.3. The molecule has 1 fully saturated rings. The minimum Gasteiger partial charge on any atom is -0.809 e.